The monoisotopic (exact) mass is 1060 g/mol. The number of anilines is 1. The van der Waals surface area contributed by atoms with Crippen LogP contribution in [0.25, 0.3) is 0 Å². The number of phosphoric acid groups is 2. The normalized spacial score (nSPS) is 20.2. The van der Waals surface area contributed by atoms with Crippen LogP contribution in [0, 0.1) is 0 Å². The minimum atomic E-state index is -5.50. The van der Waals surface area contributed by atoms with Crippen LogP contribution in [0.3, 0.4) is 0 Å². The second-order valence-corrected chi connectivity index (χ2v) is 21.4. The average molecular weight is 1060 g/mol. The van der Waals surface area contributed by atoms with E-state index in [1.165, 1.54) is 89.5 Å². The molecule has 2 rings (SSSR count). The molecule has 20 nitrogen and oxygen atoms in total. The second-order valence-electron chi connectivity index (χ2n) is 18.3. The van der Waals surface area contributed by atoms with E-state index >= 15 is 0 Å². The number of nitrogens with two attached hydrogens (primary N) is 1. The van der Waals surface area contributed by atoms with Gasteiger partial charge in [-0.05, 0) is 57.4 Å². The first kappa shape index (κ1) is 65.0. The van der Waals surface area contributed by atoms with Gasteiger partial charge in [0.15, 0.2) is 12.3 Å². The van der Waals surface area contributed by atoms with Crippen molar-refractivity contribution in [3.63, 3.8) is 0 Å². The highest BCUT2D eigenvalue weighted by Crippen LogP contribution is 2.60. The number of carbonyl (C=O) groups is 2. The zero-order valence-corrected chi connectivity index (χ0v) is 44.5. The van der Waals surface area contributed by atoms with Crippen molar-refractivity contribution < 1.29 is 76.5 Å². The number of esters is 2. The second kappa shape index (κ2) is 38.5. The summed E-state index contributed by atoms with van der Waals surface area (Å²) in [5.74, 6) is -1.59. The van der Waals surface area contributed by atoms with Gasteiger partial charge in [0.2, 0.25) is 0 Å². The fourth-order valence-electron chi connectivity index (χ4n) is 7.71. The Bertz CT molecular complexity index is 1880. The van der Waals surface area contributed by atoms with Gasteiger partial charge in [0.05, 0.1) is 25.4 Å². The topological polar surface area (TPSA) is 306 Å². The molecule has 0 saturated carbocycles. The Morgan fingerprint density at radius 2 is 1.26 bits per heavy atom. The Hall–Kier alpha value is -3.10. The summed E-state index contributed by atoms with van der Waals surface area (Å²) in [4.78, 5) is 62.0. The molecule has 72 heavy (non-hydrogen) atoms. The molecule has 1 fully saturated rings. The van der Waals surface area contributed by atoms with Gasteiger partial charge in [-0.15, -0.1) is 0 Å². The van der Waals surface area contributed by atoms with Crippen LogP contribution in [-0.2, 0) is 46.3 Å². The molecule has 0 radical (unpaired) electrons. The van der Waals surface area contributed by atoms with Crippen LogP contribution in [0.15, 0.2) is 53.5 Å². The van der Waals surface area contributed by atoms with Crippen LogP contribution in [0.2, 0.25) is 0 Å². The van der Waals surface area contributed by atoms with Crippen LogP contribution in [0.4, 0.5) is 5.82 Å². The lowest BCUT2D eigenvalue weighted by Crippen LogP contribution is -2.36. The quantitative estimate of drug-likeness (QED) is 0.0139. The van der Waals surface area contributed by atoms with Gasteiger partial charge in [-0.2, -0.15) is 9.29 Å². The predicted octanol–water partition coefficient (Wildman–Crippen LogP) is 8.72. The molecule has 1 aromatic heterocycles. The van der Waals surface area contributed by atoms with Crippen molar-refractivity contribution in [3.8, 4) is 0 Å². The van der Waals surface area contributed by atoms with Crippen molar-refractivity contribution in [1.82, 2.24) is 9.55 Å². The van der Waals surface area contributed by atoms with Crippen molar-refractivity contribution in [1.29, 1.82) is 0 Å². The maximum absolute atomic E-state index is 12.9. The van der Waals surface area contributed by atoms with E-state index in [1.54, 1.807) is 6.08 Å². The number of nitrogen functional groups attached to an aromatic ring is 1. The standard InChI is InChI=1S/C50H87N3O17P2/c1-3-5-7-9-11-13-15-17-18-19-21-23-25-27-29-33-45(56)65-37-40(68-46(57)34-30-32-42(55)41(54)31-28-26-24-22-20-16-14-12-10-8-6-4-2)38-66-71(61,62)70-72(63,64)67-39-43-47(58)48(59)49(69-43)53-36-35-44(51)52-50(53)60/h12,14,20,22,26,28,35-36,40-43,47-49,54-55,58-59H,3-11,13,15-19,21,23-25,27,29-34,37-39H2,1-2H3,(H,61,62)(H,63,64)(H2,51,52,60)/b14-12-,22-20-,28-26-/t40-,41?,42?,43-,47-,48-,49-/m1/s1. The Balaban J connectivity index is 1.86. The number of allylic oxidation sites excluding steroid dienone is 5. The maximum Gasteiger partial charge on any atom is 0.481 e. The highest BCUT2D eigenvalue weighted by Gasteiger charge is 2.46. The summed E-state index contributed by atoms with van der Waals surface area (Å²) in [7, 11) is -11.0. The summed E-state index contributed by atoms with van der Waals surface area (Å²) in [5.41, 5.74) is 4.56. The SMILES string of the molecule is CCCCC/C=C\C/C=C\C/C=C\CC(O)C(O)CCCC(=O)O[C@H](COC(=O)CCCCCCCCCCCCCCCCC)COP(=O)(O)OP(=O)(O)OC[C@H]1O[C@@H](n2ccc(N)nc2=O)[C@H](O)[C@@H]1O. The fraction of sp³-hybridized carbons (Fsp3) is 0.760. The van der Waals surface area contributed by atoms with E-state index in [-0.39, 0.29) is 37.9 Å². The van der Waals surface area contributed by atoms with E-state index in [1.807, 2.05) is 12.2 Å². The molecule has 0 aromatic carbocycles. The number of ether oxygens (including phenoxy) is 3. The smallest absolute Gasteiger partial charge is 0.462 e. The van der Waals surface area contributed by atoms with Crippen molar-refractivity contribution >= 4 is 33.4 Å². The van der Waals surface area contributed by atoms with Crippen molar-refractivity contribution in [2.75, 3.05) is 25.6 Å². The first-order valence-electron chi connectivity index (χ1n) is 26.2. The highest BCUT2D eigenvalue weighted by molar-refractivity contribution is 7.61. The number of aliphatic hydroxyl groups is 4. The van der Waals surface area contributed by atoms with Gasteiger partial charge in [-0.25, -0.2) is 13.9 Å². The molecular weight excluding hydrogens is 977 g/mol. The molecule has 1 aliphatic rings. The molecule has 1 aliphatic heterocycles. The Morgan fingerprint density at radius 1 is 0.722 bits per heavy atom. The largest absolute Gasteiger partial charge is 0.481 e. The van der Waals surface area contributed by atoms with E-state index in [4.69, 9.17) is 29.0 Å². The summed E-state index contributed by atoms with van der Waals surface area (Å²) >= 11 is 0. The summed E-state index contributed by atoms with van der Waals surface area (Å²) in [5, 5.41) is 41.9. The highest BCUT2D eigenvalue weighted by atomic mass is 31.3. The number of unbranched alkanes of at least 4 members (excludes halogenated alkanes) is 17. The summed E-state index contributed by atoms with van der Waals surface area (Å²) in [6.07, 6.45) is 26.6. The average Bonchev–Trinajstić information content (AvgIpc) is 3.61. The lowest BCUT2D eigenvalue weighted by Gasteiger charge is -2.22. The fourth-order valence-corrected chi connectivity index (χ4v) is 9.82. The number of carbonyl (C=O) groups excluding carboxylic acids is 2. The molecule has 1 saturated heterocycles. The van der Waals surface area contributed by atoms with E-state index in [9.17, 15) is 53.7 Å². The maximum atomic E-state index is 12.9. The first-order valence-corrected chi connectivity index (χ1v) is 29.2. The van der Waals surface area contributed by atoms with Crippen LogP contribution < -0.4 is 11.4 Å². The number of aliphatic hydroxyl groups excluding tert-OH is 4. The molecule has 0 aliphatic carbocycles. The number of nitrogens with zero attached hydrogens (tertiary/aromatic N) is 2. The number of phosphoric ester groups is 2. The van der Waals surface area contributed by atoms with Crippen molar-refractivity contribution in [3.05, 3.63) is 59.2 Å². The number of hydrogen-bond donors (Lipinski definition) is 7. The van der Waals surface area contributed by atoms with E-state index in [2.05, 4.69) is 41.4 Å². The minimum Gasteiger partial charge on any atom is -0.462 e. The molecule has 0 spiro atoms. The van der Waals surface area contributed by atoms with E-state index in [0.29, 0.717) is 12.8 Å². The van der Waals surface area contributed by atoms with Gasteiger partial charge < -0.3 is 50.2 Å². The zero-order chi connectivity index (χ0) is 53.0. The summed E-state index contributed by atoms with van der Waals surface area (Å²) in [6.45, 7) is 1.86. The van der Waals surface area contributed by atoms with Gasteiger partial charge >= 0.3 is 33.3 Å². The lowest BCUT2D eigenvalue weighted by atomic mass is 10.0. The van der Waals surface area contributed by atoms with Gasteiger partial charge in [0.25, 0.3) is 0 Å². The molecule has 0 amide bonds. The molecular formula is C50H87N3O17P2. The van der Waals surface area contributed by atoms with Crippen LogP contribution in [0.1, 0.15) is 187 Å². The van der Waals surface area contributed by atoms with Crippen LogP contribution >= 0.6 is 15.6 Å². The third-order valence-corrected chi connectivity index (χ3v) is 14.5. The first-order chi connectivity index (χ1) is 34.5. The Labute approximate surface area is 426 Å². The molecule has 9 atom stereocenters. The zero-order valence-electron chi connectivity index (χ0n) is 42.7. The number of aromatic nitrogens is 2. The van der Waals surface area contributed by atoms with E-state index < -0.39 is 95.9 Å². The lowest BCUT2D eigenvalue weighted by molar-refractivity contribution is -0.161. The Morgan fingerprint density at radius 3 is 1.88 bits per heavy atom. The van der Waals surface area contributed by atoms with Crippen LogP contribution in [0.5, 0.6) is 0 Å². The van der Waals surface area contributed by atoms with Gasteiger partial charge in [-0.1, -0.05) is 153 Å². The van der Waals surface area contributed by atoms with Crippen molar-refractivity contribution in [2.24, 2.45) is 0 Å². The molecule has 8 N–H and O–H groups in total. The third kappa shape index (κ3) is 30.3. The van der Waals surface area contributed by atoms with Gasteiger partial charge in [0, 0.05) is 19.0 Å². The molecule has 4 unspecified atom stereocenters. The van der Waals surface area contributed by atoms with Gasteiger partial charge in [0.1, 0.15) is 30.7 Å². The number of hydrogen-bond acceptors (Lipinski definition) is 17. The third-order valence-electron chi connectivity index (χ3n) is 11.9. The van der Waals surface area contributed by atoms with Crippen molar-refractivity contribution in [2.45, 2.75) is 224 Å². The number of rotatable bonds is 43. The summed E-state index contributed by atoms with van der Waals surface area (Å²) in [6, 6.07) is 1.23. The van der Waals surface area contributed by atoms with E-state index in [0.717, 1.165) is 49.3 Å². The predicted molar refractivity (Wildman–Crippen MR) is 273 cm³/mol. The minimum absolute atomic E-state index is 0.0368. The molecule has 1 aromatic rings. The molecule has 22 heteroatoms. The summed E-state index contributed by atoms with van der Waals surface area (Å²) < 4.78 is 56.6. The molecule has 2 heterocycles. The Kier molecular flexibility index (Phi) is 34.7. The van der Waals surface area contributed by atoms with Gasteiger partial charge in [-0.3, -0.25) is 23.2 Å². The molecule has 0 bridgehead atoms. The molecule has 414 valence electrons. The van der Waals surface area contributed by atoms with Crippen LogP contribution in [-0.4, -0.2) is 108 Å².